The van der Waals surface area contributed by atoms with Crippen molar-refractivity contribution in [3.8, 4) is 0 Å². The van der Waals surface area contributed by atoms with Crippen molar-refractivity contribution in [1.82, 2.24) is 5.32 Å². The van der Waals surface area contributed by atoms with Gasteiger partial charge >= 0.3 is 0 Å². The van der Waals surface area contributed by atoms with E-state index in [4.69, 9.17) is 5.73 Å². The molecule has 72 valence electrons. The molecule has 0 aromatic rings. The Balaban J connectivity index is 2.72. The maximum atomic E-state index is 6.15. The fraction of sp³-hybridized carbons (Fsp3) is 1.00. The third kappa shape index (κ3) is 1.64. The van der Waals surface area contributed by atoms with Crippen LogP contribution in [0.15, 0.2) is 0 Å². The minimum absolute atomic E-state index is 0.318. The molecule has 0 heterocycles. The van der Waals surface area contributed by atoms with Crippen molar-refractivity contribution in [2.75, 3.05) is 7.05 Å². The lowest BCUT2D eigenvalue weighted by Crippen LogP contribution is -2.58. The molecule has 0 bridgehead atoms. The van der Waals surface area contributed by atoms with Gasteiger partial charge in [-0.25, -0.2) is 0 Å². The lowest BCUT2D eigenvalue weighted by molar-refractivity contribution is 0.116. The summed E-state index contributed by atoms with van der Waals surface area (Å²) in [5.74, 6) is 0.662. The quantitative estimate of drug-likeness (QED) is 0.623. The minimum Gasteiger partial charge on any atom is -0.326 e. The van der Waals surface area contributed by atoms with Crippen LogP contribution in [0.2, 0.25) is 0 Å². The minimum atomic E-state index is 0.318. The number of hydrogen-bond acceptors (Lipinski definition) is 2. The van der Waals surface area contributed by atoms with Crippen LogP contribution in [-0.2, 0) is 0 Å². The molecule has 3 atom stereocenters. The largest absolute Gasteiger partial charge is 0.326 e. The van der Waals surface area contributed by atoms with Gasteiger partial charge in [0.05, 0.1) is 0 Å². The smallest absolute Gasteiger partial charge is 0.0269 e. The summed E-state index contributed by atoms with van der Waals surface area (Å²) < 4.78 is 0. The second-order valence-electron chi connectivity index (χ2n) is 4.85. The normalized spacial score (nSPS) is 41.2. The lowest BCUT2D eigenvalue weighted by atomic mass is 9.67. The van der Waals surface area contributed by atoms with E-state index in [9.17, 15) is 0 Å². The van der Waals surface area contributed by atoms with Gasteiger partial charge in [-0.05, 0) is 31.2 Å². The molecular formula is C10H22N2. The average molecular weight is 170 g/mol. The highest BCUT2D eigenvalue weighted by molar-refractivity contribution is 4.97. The average Bonchev–Trinajstić information content (AvgIpc) is 1.99. The van der Waals surface area contributed by atoms with Gasteiger partial charge in [-0.2, -0.15) is 0 Å². The van der Waals surface area contributed by atoms with E-state index >= 15 is 0 Å². The van der Waals surface area contributed by atoms with Crippen LogP contribution >= 0.6 is 0 Å². The monoisotopic (exact) mass is 170 g/mol. The van der Waals surface area contributed by atoms with E-state index in [1.54, 1.807) is 0 Å². The molecule has 0 saturated heterocycles. The topological polar surface area (TPSA) is 38.0 Å². The van der Waals surface area contributed by atoms with E-state index in [0.29, 0.717) is 23.4 Å². The third-order valence-corrected chi connectivity index (χ3v) is 3.44. The first-order chi connectivity index (χ1) is 5.49. The van der Waals surface area contributed by atoms with Crippen molar-refractivity contribution in [3.05, 3.63) is 0 Å². The standard InChI is InChI=1S/C10H22N2/c1-7-5-6-10(2,3)9(12-4)8(7)11/h7-9,12H,5-6,11H2,1-4H3. The fourth-order valence-corrected chi connectivity index (χ4v) is 2.38. The second-order valence-corrected chi connectivity index (χ2v) is 4.85. The van der Waals surface area contributed by atoms with E-state index in [0.717, 1.165) is 0 Å². The van der Waals surface area contributed by atoms with Crippen LogP contribution in [0.25, 0.3) is 0 Å². The number of nitrogens with one attached hydrogen (secondary N) is 1. The Kier molecular flexibility index (Phi) is 2.79. The van der Waals surface area contributed by atoms with Gasteiger partial charge in [0.15, 0.2) is 0 Å². The van der Waals surface area contributed by atoms with Crippen LogP contribution in [0.5, 0.6) is 0 Å². The Morgan fingerprint density at radius 3 is 2.42 bits per heavy atom. The van der Waals surface area contributed by atoms with Gasteiger partial charge in [0.25, 0.3) is 0 Å². The highest BCUT2D eigenvalue weighted by Gasteiger charge is 2.39. The van der Waals surface area contributed by atoms with Gasteiger partial charge in [-0.1, -0.05) is 20.8 Å². The Labute approximate surface area is 75.9 Å². The van der Waals surface area contributed by atoms with Crippen LogP contribution in [0, 0.1) is 11.3 Å². The van der Waals surface area contributed by atoms with E-state index in [2.05, 4.69) is 26.1 Å². The van der Waals surface area contributed by atoms with Crippen LogP contribution < -0.4 is 11.1 Å². The van der Waals surface area contributed by atoms with E-state index in [-0.39, 0.29) is 0 Å². The summed E-state index contributed by atoms with van der Waals surface area (Å²) >= 11 is 0. The SMILES string of the molecule is CNC1C(N)C(C)CCC1(C)C. The molecule has 12 heavy (non-hydrogen) atoms. The molecule has 2 heteroatoms. The predicted molar refractivity (Wildman–Crippen MR) is 53.0 cm³/mol. The number of rotatable bonds is 1. The van der Waals surface area contributed by atoms with Crippen molar-refractivity contribution in [2.24, 2.45) is 17.1 Å². The molecule has 0 radical (unpaired) electrons. The van der Waals surface area contributed by atoms with Crippen LogP contribution in [-0.4, -0.2) is 19.1 Å². The van der Waals surface area contributed by atoms with Gasteiger partial charge in [0.1, 0.15) is 0 Å². The first-order valence-electron chi connectivity index (χ1n) is 4.92. The molecule has 1 aliphatic rings. The third-order valence-electron chi connectivity index (χ3n) is 3.44. The molecule has 3 N–H and O–H groups in total. The lowest BCUT2D eigenvalue weighted by Gasteiger charge is -2.45. The van der Waals surface area contributed by atoms with Gasteiger partial charge in [0.2, 0.25) is 0 Å². The van der Waals surface area contributed by atoms with Crippen LogP contribution in [0.1, 0.15) is 33.6 Å². The van der Waals surface area contributed by atoms with Crippen molar-refractivity contribution in [2.45, 2.75) is 45.7 Å². The zero-order valence-corrected chi connectivity index (χ0v) is 8.72. The summed E-state index contributed by atoms with van der Waals surface area (Å²) in [6.45, 7) is 6.87. The molecule has 0 aromatic heterocycles. The van der Waals surface area contributed by atoms with Gasteiger partial charge in [0, 0.05) is 12.1 Å². The maximum Gasteiger partial charge on any atom is 0.0269 e. The molecular weight excluding hydrogens is 148 g/mol. The van der Waals surface area contributed by atoms with Gasteiger partial charge in [-0.3, -0.25) is 0 Å². The van der Waals surface area contributed by atoms with Crippen molar-refractivity contribution in [1.29, 1.82) is 0 Å². The van der Waals surface area contributed by atoms with Crippen molar-refractivity contribution < 1.29 is 0 Å². The molecule has 1 rings (SSSR count). The zero-order valence-electron chi connectivity index (χ0n) is 8.72. The summed E-state index contributed by atoms with van der Waals surface area (Å²) in [5, 5.41) is 3.35. The summed E-state index contributed by atoms with van der Waals surface area (Å²) in [7, 11) is 2.02. The summed E-state index contributed by atoms with van der Waals surface area (Å²) in [6.07, 6.45) is 2.56. The Bertz CT molecular complexity index is 154. The van der Waals surface area contributed by atoms with Crippen LogP contribution in [0.3, 0.4) is 0 Å². The molecule has 0 spiro atoms. The second kappa shape index (κ2) is 3.35. The molecule has 1 saturated carbocycles. The molecule has 1 fully saturated rings. The molecule has 0 aliphatic heterocycles. The highest BCUT2D eigenvalue weighted by Crippen LogP contribution is 2.37. The Morgan fingerprint density at radius 1 is 1.42 bits per heavy atom. The highest BCUT2D eigenvalue weighted by atomic mass is 15.0. The zero-order chi connectivity index (χ0) is 9.35. The summed E-state index contributed by atoms with van der Waals surface area (Å²) in [4.78, 5) is 0. The summed E-state index contributed by atoms with van der Waals surface area (Å²) in [5.41, 5.74) is 6.51. The number of likely N-dealkylation sites (N-methyl/N-ethyl adjacent to an activating group) is 1. The number of hydrogen-bond donors (Lipinski definition) is 2. The molecule has 2 nitrogen and oxygen atoms in total. The van der Waals surface area contributed by atoms with Crippen LogP contribution in [0.4, 0.5) is 0 Å². The predicted octanol–water partition coefficient (Wildman–Crippen LogP) is 1.36. The van der Waals surface area contributed by atoms with E-state index in [1.165, 1.54) is 12.8 Å². The first-order valence-corrected chi connectivity index (χ1v) is 4.92. The fourth-order valence-electron chi connectivity index (χ4n) is 2.38. The maximum absolute atomic E-state index is 6.15. The first kappa shape index (κ1) is 10.0. The van der Waals surface area contributed by atoms with Gasteiger partial charge < -0.3 is 11.1 Å². The van der Waals surface area contributed by atoms with Gasteiger partial charge in [-0.15, -0.1) is 0 Å². The Morgan fingerprint density at radius 2 is 2.00 bits per heavy atom. The molecule has 1 aliphatic carbocycles. The van der Waals surface area contributed by atoms with E-state index < -0.39 is 0 Å². The van der Waals surface area contributed by atoms with Crippen molar-refractivity contribution >= 4 is 0 Å². The number of nitrogens with two attached hydrogens (primary N) is 1. The molecule has 0 amide bonds. The van der Waals surface area contributed by atoms with Crippen molar-refractivity contribution in [3.63, 3.8) is 0 Å². The van der Waals surface area contributed by atoms with E-state index in [1.807, 2.05) is 7.05 Å². The summed E-state index contributed by atoms with van der Waals surface area (Å²) in [6, 6.07) is 0.792. The Hall–Kier alpha value is -0.0800. The molecule has 3 unspecified atom stereocenters. The molecule has 0 aromatic carbocycles.